The van der Waals surface area contributed by atoms with Crippen LogP contribution in [-0.4, -0.2) is 20.6 Å². The van der Waals surface area contributed by atoms with Gasteiger partial charge in [-0.05, 0) is 60.2 Å². The first-order chi connectivity index (χ1) is 12.4. The van der Waals surface area contributed by atoms with Gasteiger partial charge in [0.05, 0.1) is 17.4 Å². The maximum Gasteiger partial charge on any atom is 0.318 e. The van der Waals surface area contributed by atoms with Gasteiger partial charge in [-0.3, -0.25) is 4.79 Å². The van der Waals surface area contributed by atoms with E-state index >= 15 is 0 Å². The monoisotopic (exact) mass is 350 g/mol. The van der Waals surface area contributed by atoms with E-state index in [0.29, 0.717) is 24.0 Å². The minimum Gasteiger partial charge on any atom is -0.480 e. The standard InChI is InChI=1S/C21H19FN2O2/c1-13-16(4-3-5-17(13)22)21(20(25)26)9-8-15(11-21)14-6-7-19-18(10-14)23-12-24(19)2/h3-7,10-12H,8-9H2,1-2H3,(H,25,26)/t21-/m0/s1. The second kappa shape index (κ2) is 5.80. The Morgan fingerprint density at radius 2 is 2.12 bits per heavy atom. The van der Waals surface area contributed by atoms with E-state index in [1.54, 1.807) is 31.5 Å². The fourth-order valence-electron chi connectivity index (χ4n) is 3.92. The number of halogens is 1. The molecule has 0 bridgehead atoms. The zero-order valence-electron chi connectivity index (χ0n) is 14.7. The maximum atomic E-state index is 14.0. The Kier molecular flexibility index (Phi) is 3.68. The smallest absolute Gasteiger partial charge is 0.318 e. The van der Waals surface area contributed by atoms with Crippen LogP contribution in [0.5, 0.6) is 0 Å². The van der Waals surface area contributed by atoms with Gasteiger partial charge < -0.3 is 9.67 Å². The van der Waals surface area contributed by atoms with E-state index in [-0.39, 0.29) is 5.82 Å². The lowest BCUT2D eigenvalue weighted by molar-refractivity contribution is -0.141. The summed E-state index contributed by atoms with van der Waals surface area (Å²) in [6, 6.07) is 10.6. The van der Waals surface area contributed by atoms with E-state index < -0.39 is 11.4 Å². The van der Waals surface area contributed by atoms with Crippen LogP contribution in [0.4, 0.5) is 4.39 Å². The molecular formula is C21H19FN2O2. The average molecular weight is 350 g/mol. The first-order valence-electron chi connectivity index (χ1n) is 8.54. The van der Waals surface area contributed by atoms with Crippen molar-refractivity contribution >= 4 is 22.6 Å². The Labute approximate surface area is 150 Å². The number of carbonyl (C=O) groups is 1. The molecule has 1 aliphatic carbocycles. The van der Waals surface area contributed by atoms with Crippen LogP contribution in [0.25, 0.3) is 16.6 Å². The van der Waals surface area contributed by atoms with Crippen molar-refractivity contribution in [3.05, 3.63) is 71.3 Å². The van der Waals surface area contributed by atoms with Gasteiger partial charge in [-0.15, -0.1) is 0 Å². The summed E-state index contributed by atoms with van der Waals surface area (Å²) in [7, 11) is 1.94. The number of rotatable bonds is 3. The van der Waals surface area contributed by atoms with Gasteiger partial charge in [0.2, 0.25) is 0 Å². The number of aromatic nitrogens is 2. The Morgan fingerprint density at radius 1 is 1.31 bits per heavy atom. The van der Waals surface area contributed by atoms with Gasteiger partial charge in [0.15, 0.2) is 0 Å². The summed E-state index contributed by atoms with van der Waals surface area (Å²) >= 11 is 0. The molecule has 0 radical (unpaired) electrons. The number of aryl methyl sites for hydroxylation is 1. The molecule has 1 N–H and O–H groups in total. The Balaban J connectivity index is 1.84. The molecule has 0 spiro atoms. The number of aliphatic carboxylic acids is 1. The Hall–Kier alpha value is -2.95. The van der Waals surface area contributed by atoms with E-state index in [1.807, 2.05) is 29.8 Å². The highest BCUT2D eigenvalue weighted by atomic mass is 19.1. The zero-order valence-corrected chi connectivity index (χ0v) is 14.7. The van der Waals surface area contributed by atoms with E-state index in [1.165, 1.54) is 6.07 Å². The minimum absolute atomic E-state index is 0.375. The Bertz CT molecular complexity index is 1070. The maximum absolute atomic E-state index is 14.0. The number of hydrogen-bond donors (Lipinski definition) is 1. The summed E-state index contributed by atoms with van der Waals surface area (Å²) in [4.78, 5) is 16.6. The van der Waals surface area contributed by atoms with E-state index in [4.69, 9.17) is 0 Å². The number of hydrogen-bond acceptors (Lipinski definition) is 2. The van der Waals surface area contributed by atoms with Gasteiger partial charge in [-0.1, -0.05) is 24.3 Å². The summed E-state index contributed by atoms with van der Waals surface area (Å²) in [6.07, 6.45) is 4.60. The summed E-state index contributed by atoms with van der Waals surface area (Å²) < 4.78 is 16.0. The van der Waals surface area contributed by atoms with Crippen LogP contribution in [0.3, 0.4) is 0 Å². The number of carboxylic acid groups (broad SMARTS) is 1. The number of fused-ring (bicyclic) bond motifs is 1. The zero-order chi connectivity index (χ0) is 18.5. The molecule has 0 aliphatic heterocycles. The average Bonchev–Trinajstić information content (AvgIpc) is 3.22. The SMILES string of the molecule is Cc1c(F)cccc1[C@@]1(C(=O)O)C=C(c2ccc3c(c2)ncn3C)CC1. The van der Waals surface area contributed by atoms with Crippen LogP contribution in [0.2, 0.25) is 0 Å². The number of nitrogens with zero attached hydrogens (tertiary/aromatic N) is 2. The quantitative estimate of drug-likeness (QED) is 0.769. The fraction of sp³-hybridized carbons (Fsp3) is 0.238. The third-order valence-corrected chi connectivity index (χ3v) is 5.44. The van der Waals surface area contributed by atoms with Crippen molar-refractivity contribution < 1.29 is 14.3 Å². The summed E-state index contributed by atoms with van der Waals surface area (Å²) in [6.45, 7) is 1.64. The molecule has 1 aliphatic rings. The third kappa shape index (κ3) is 2.35. The van der Waals surface area contributed by atoms with Crippen molar-refractivity contribution in [3.63, 3.8) is 0 Å². The lowest BCUT2D eigenvalue weighted by Crippen LogP contribution is -2.32. The largest absolute Gasteiger partial charge is 0.480 e. The molecule has 0 saturated heterocycles. The number of imidazole rings is 1. The first-order valence-corrected chi connectivity index (χ1v) is 8.54. The van der Waals surface area contributed by atoms with Gasteiger partial charge in [-0.25, -0.2) is 9.37 Å². The molecule has 1 atom stereocenters. The normalized spacial score (nSPS) is 19.7. The number of benzene rings is 2. The van der Waals surface area contributed by atoms with Gasteiger partial charge >= 0.3 is 5.97 Å². The molecule has 3 aromatic rings. The van der Waals surface area contributed by atoms with Crippen LogP contribution in [-0.2, 0) is 17.3 Å². The number of allylic oxidation sites excluding steroid dienone is 1. The summed E-state index contributed by atoms with van der Waals surface area (Å²) in [5.41, 5.74) is 3.56. The van der Waals surface area contributed by atoms with E-state index in [2.05, 4.69) is 4.98 Å². The van der Waals surface area contributed by atoms with Crippen molar-refractivity contribution in [3.8, 4) is 0 Å². The summed E-state index contributed by atoms with van der Waals surface area (Å²) in [5.74, 6) is -1.32. The highest BCUT2D eigenvalue weighted by Gasteiger charge is 2.43. The van der Waals surface area contributed by atoms with Crippen LogP contribution in [0.15, 0.2) is 48.8 Å². The first kappa shape index (κ1) is 16.5. The molecule has 0 saturated carbocycles. The topological polar surface area (TPSA) is 55.1 Å². The minimum atomic E-state index is -1.19. The van der Waals surface area contributed by atoms with Crippen LogP contribution >= 0.6 is 0 Å². The Morgan fingerprint density at radius 3 is 2.88 bits per heavy atom. The van der Waals surface area contributed by atoms with Gasteiger partial charge in [0.25, 0.3) is 0 Å². The third-order valence-electron chi connectivity index (χ3n) is 5.44. The molecule has 4 rings (SSSR count). The fourth-order valence-corrected chi connectivity index (χ4v) is 3.92. The molecule has 0 fully saturated rings. The van der Waals surface area contributed by atoms with Gasteiger partial charge in [-0.2, -0.15) is 0 Å². The highest BCUT2D eigenvalue weighted by molar-refractivity contribution is 5.91. The molecule has 5 heteroatoms. The molecule has 2 aromatic carbocycles. The van der Waals surface area contributed by atoms with E-state index in [9.17, 15) is 14.3 Å². The lowest BCUT2D eigenvalue weighted by Gasteiger charge is -2.24. The molecule has 132 valence electrons. The van der Waals surface area contributed by atoms with Gasteiger partial charge in [0, 0.05) is 7.05 Å². The molecule has 1 heterocycles. The van der Waals surface area contributed by atoms with Crippen molar-refractivity contribution in [1.29, 1.82) is 0 Å². The predicted octanol–water partition coefficient (Wildman–Crippen LogP) is 4.22. The highest BCUT2D eigenvalue weighted by Crippen LogP contribution is 2.44. The van der Waals surface area contributed by atoms with Gasteiger partial charge in [0.1, 0.15) is 11.2 Å². The van der Waals surface area contributed by atoms with Crippen LogP contribution < -0.4 is 0 Å². The molecule has 4 nitrogen and oxygen atoms in total. The second-order valence-corrected chi connectivity index (χ2v) is 6.92. The molecule has 0 unspecified atom stereocenters. The van der Waals surface area contributed by atoms with Crippen LogP contribution in [0, 0.1) is 12.7 Å². The molecule has 26 heavy (non-hydrogen) atoms. The number of carboxylic acids is 1. The summed E-state index contributed by atoms with van der Waals surface area (Å²) in [5, 5.41) is 9.99. The van der Waals surface area contributed by atoms with E-state index in [0.717, 1.165) is 22.2 Å². The lowest BCUT2D eigenvalue weighted by atomic mass is 9.78. The van der Waals surface area contributed by atoms with Crippen LogP contribution in [0.1, 0.15) is 29.5 Å². The van der Waals surface area contributed by atoms with Crippen molar-refractivity contribution in [2.45, 2.75) is 25.2 Å². The molecule has 0 amide bonds. The molecule has 1 aromatic heterocycles. The van der Waals surface area contributed by atoms with Crippen molar-refractivity contribution in [2.24, 2.45) is 7.05 Å². The molecular weight excluding hydrogens is 331 g/mol. The second-order valence-electron chi connectivity index (χ2n) is 6.92. The van der Waals surface area contributed by atoms with Crippen molar-refractivity contribution in [1.82, 2.24) is 9.55 Å². The van der Waals surface area contributed by atoms with Crippen molar-refractivity contribution in [2.75, 3.05) is 0 Å². The predicted molar refractivity (Wildman–Crippen MR) is 98.4 cm³/mol.